The predicted molar refractivity (Wildman–Crippen MR) is 140 cm³/mol. The van der Waals surface area contributed by atoms with Gasteiger partial charge in [-0.25, -0.2) is 9.40 Å². The van der Waals surface area contributed by atoms with E-state index >= 15 is 0 Å². The number of allylic oxidation sites excluding steroid dienone is 1. The summed E-state index contributed by atoms with van der Waals surface area (Å²) in [6.45, 7) is -0.449. The van der Waals surface area contributed by atoms with Gasteiger partial charge >= 0.3 is 0 Å². The van der Waals surface area contributed by atoms with Gasteiger partial charge in [0.25, 0.3) is 17.3 Å². The van der Waals surface area contributed by atoms with Gasteiger partial charge in [0.2, 0.25) is 0 Å². The summed E-state index contributed by atoms with van der Waals surface area (Å²) in [5, 5.41) is 28.2. The highest BCUT2D eigenvalue weighted by molar-refractivity contribution is 6.08. The Morgan fingerprint density at radius 1 is 1.00 bits per heavy atom. The van der Waals surface area contributed by atoms with Crippen LogP contribution in [0.5, 0.6) is 5.75 Å². The number of halogens is 1. The SMILES string of the molecule is O=C(COc1ccccc1F)N1N=C2/C(=C\c3ccc([N+](=O)[O-])cc3)CCC[C@@H]2[C@@H]1c1ccc([N+](=O)[O-])cc1. The summed E-state index contributed by atoms with van der Waals surface area (Å²) in [4.78, 5) is 34.6. The first-order valence-corrected chi connectivity index (χ1v) is 12.3. The van der Waals surface area contributed by atoms with Gasteiger partial charge in [-0.15, -0.1) is 0 Å². The zero-order valence-corrected chi connectivity index (χ0v) is 20.6. The summed E-state index contributed by atoms with van der Waals surface area (Å²) in [6.07, 6.45) is 4.16. The van der Waals surface area contributed by atoms with Crippen LogP contribution in [0, 0.1) is 32.0 Å². The summed E-state index contributed by atoms with van der Waals surface area (Å²) in [7, 11) is 0. The monoisotopic (exact) mass is 530 g/mol. The Hall–Kier alpha value is -4.93. The number of benzene rings is 3. The Balaban J connectivity index is 1.47. The summed E-state index contributed by atoms with van der Waals surface area (Å²) in [5.41, 5.74) is 2.97. The zero-order chi connectivity index (χ0) is 27.5. The van der Waals surface area contributed by atoms with Crippen LogP contribution >= 0.6 is 0 Å². The lowest BCUT2D eigenvalue weighted by Crippen LogP contribution is -2.34. The second-order valence-electron chi connectivity index (χ2n) is 9.25. The van der Waals surface area contributed by atoms with Gasteiger partial charge in [-0.05, 0) is 66.3 Å². The van der Waals surface area contributed by atoms with Crippen molar-refractivity contribution in [3.05, 3.63) is 116 Å². The number of hydrogen-bond donors (Lipinski definition) is 0. The number of nitro groups is 2. The fraction of sp³-hybridized carbons (Fsp3) is 0.214. The van der Waals surface area contributed by atoms with Gasteiger partial charge in [-0.1, -0.05) is 24.3 Å². The minimum absolute atomic E-state index is 0.0123. The van der Waals surface area contributed by atoms with Gasteiger partial charge < -0.3 is 4.74 Å². The van der Waals surface area contributed by atoms with Gasteiger partial charge in [-0.2, -0.15) is 5.10 Å². The van der Waals surface area contributed by atoms with Crippen molar-refractivity contribution < 1.29 is 23.8 Å². The number of amides is 1. The zero-order valence-electron chi connectivity index (χ0n) is 20.6. The molecule has 0 spiro atoms. The predicted octanol–water partition coefficient (Wildman–Crippen LogP) is 5.84. The molecule has 0 N–H and O–H groups in total. The fourth-order valence-corrected chi connectivity index (χ4v) is 4.99. The highest BCUT2D eigenvalue weighted by Gasteiger charge is 2.44. The van der Waals surface area contributed by atoms with Crippen molar-refractivity contribution >= 4 is 29.1 Å². The normalized spacial score (nSPS) is 19.4. The number of non-ortho nitro benzene ring substituents is 2. The van der Waals surface area contributed by atoms with Crippen LogP contribution in [0.15, 0.2) is 83.5 Å². The van der Waals surface area contributed by atoms with E-state index in [-0.39, 0.29) is 23.0 Å². The molecule has 2 aliphatic rings. The van der Waals surface area contributed by atoms with E-state index in [9.17, 15) is 29.4 Å². The topological polar surface area (TPSA) is 128 Å². The number of ether oxygens (including phenoxy) is 1. The van der Waals surface area contributed by atoms with Gasteiger partial charge in [0.1, 0.15) is 0 Å². The van der Waals surface area contributed by atoms with Crippen molar-refractivity contribution in [2.75, 3.05) is 6.61 Å². The second kappa shape index (κ2) is 10.8. The lowest BCUT2D eigenvalue weighted by molar-refractivity contribution is -0.385. The highest BCUT2D eigenvalue weighted by atomic mass is 19.1. The number of fused-ring (bicyclic) bond motifs is 1. The lowest BCUT2D eigenvalue weighted by Gasteiger charge is -2.29. The molecule has 1 aliphatic carbocycles. The summed E-state index contributed by atoms with van der Waals surface area (Å²) in [6, 6.07) is 17.4. The number of nitro benzene ring substituents is 2. The van der Waals surface area contributed by atoms with Gasteiger partial charge in [0, 0.05) is 30.2 Å². The molecule has 11 heteroatoms. The largest absolute Gasteiger partial charge is 0.481 e. The van der Waals surface area contributed by atoms with Gasteiger partial charge in [0.05, 0.1) is 21.6 Å². The molecule has 1 aliphatic heterocycles. The van der Waals surface area contributed by atoms with Crippen LogP contribution in [0.3, 0.4) is 0 Å². The number of nitrogens with zero attached hydrogens (tertiary/aromatic N) is 4. The molecule has 0 bridgehead atoms. The molecule has 1 saturated carbocycles. The first kappa shape index (κ1) is 25.7. The van der Waals surface area contributed by atoms with E-state index in [2.05, 4.69) is 0 Å². The van der Waals surface area contributed by atoms with E-state index in [1.165, 1.54) is 47.5 Å². The Labute approximate surface area is 222 Å². The van der Waals surface area contributed by atoms with Crippen molar-refractivity contribution in [3.63, 3.8) is 0 Å². The first-order chi connectivity index (χ1) is 18.8. The summed E-state index contributed by atoms with van der Waals surface area (Å²) in [5.74, 6) is -1.31. The summed E-state index contributed by atoms with van der Waals surface area (Å²) < 4.78 is 19.5. The average Bonchev–Trinajstić information content (AvgIpc) is 3.33. The first-order valence-electron chi connectivity index (χ1n) is 12.3. The maximum atomic E-state index is 14.1. The maximum Gasteiger partial charge on any atom is 0.281 e. The average molecular weight is 531 g/mol. The number of hydrogen-bond acceptors (Lipinski definition) is 7. The van der Waals surface area contributed by atoms with Gasteiger partial charge in [0.15, 0.2) is 18.2 Å². The van der Waals surface area contributed by atoms with Crippen LogP contribution in [-0.4, -0.2) is 33.1 Å². The molecular weight excluding hydrogens is 507 g/mol. The molecule has 1 amide bonds. The van der Waals surface area contributed by atoms with Crippen LogP contribution in [0.25, 0.3) is 6.08 Å². The third-order valence-electron chi connectivity index (χ3n) is 6.84. The minimum Gasteiger partial charge on any atom is -0.481 e. The number of carbonyl (C=O) groups excluding carboxylic acids is 1. The van der Waals surface area contributed by atoms with Crippen molar-refractivity contribution in [1.29, 1.82) is 0 Å². The molecule has 1 heterocycles. The van der Waals surface area contributed by atoms with Crippen molar-refractivity contribution in [2.24, 2.45) is 11.0 Å². The molecule has 10 nitrogen and oxygen atoms in total. The molecule has 39 heavy (non-hydrogen) atoms. The van der Waals surface area contributed by atoms with Gasteiger partial charge in [-0.3, -0.25) is 25.0 Å². The quantitative estimate of drug-likeness (QED) is 0.279. The standard InChI is InChI=1S/C28H23FN4O6/c29-24-6-1-2-7-25(24)39-17-26(34)31-28(19-10-14-22(15-11-19)33(37)38)23-5-3-4-20(27(23)30-31)16-18-8-12-21(13-9-18)32(35)36/h1-2,6-16,23,28H,3-5,17H2/b20-16-/t23-,28-/m0/s1. The van der Waals surface area contributed by atoms with E-state index in [4.69, 9.17) is 9.84 Å². The van der Waals surface area contributed by atoms with Crippen LogP contribution < -0.4 is 4.74 Å². The molecule has 0 radical (unpaired) electrons. The molecule has 198 valence electrons. The molecule has 2 atom stereocenters. The number of carbonyl (C=O) groups is 1. The molecule has 0 saturated heterocycles. The Morgan fingerprint density at radius 3 is 2.28 bits per heavy atom. The van der Waals surface area contributed by atoms with Crippen molar-refractivity contribution in [1.82, 2.24) is 5.01 Å². The fourth-order valence-electron chi connectivity index (χ4n) is 4.99. The van der Waals surface area contributed by atoms with Crippen molar-refractivity contribution in [2.45, 2.75) is 25.3 Å². The third kappa shape index (κ3) is 5.37. The smallest absolute Gasteiger partial charge is 0.281 e. The van der Waals surface area contributed by atoms with E-state index in [0.717, 1.165) is 24.0 Å². The van der Waals surface area contributed by atoms with E-state index in [1.807, 2.05) is 6.08 Å². The number of hydrazone groups is 1. The van der Waals surface area contributed by atoms with E-state index in [1.54, 1.807) is 30.3 Å². The number of rotatable bonds is 7. The highest BCUT2D eigenvalue weighted by Crippen LogP contribution is 2.44. The molecule has 0 aromatic heterocycles. The lowest BCUT2D eigenvalue weighted by atomic mass is 9.77. The Morgan fingerprint density at radius 2 is 1.64 bits per heavy atom. The Kier molecular flexibility index (Phi) is 7.13. The van der Waals surface area contributed by atoms with Crippen LogP contribution in [0.1, 0.15) is 36.4 Å². The molecule has 1 fully saturated rings. The molecule has 3 aromatic rings. The van der Waals surface area contributed by atoms with Crippen LogP contribution in [-0.2, 0) is 4.79 Å². The minimum atomic E-state index is -0.591. The van der Waals surface area contributed by atoms with E-state index in [0.29, 0.717) is 17.7 Å². The molecular formula is C28H23FN4O6. The van der Waals surface area contributed by atoms with Crippen LogP contribution in [0.2, 0.25) is 0 Å². The Bertz CT molecular complexity index is 1490. The molecule has 5 rings (SSSR count). The summed E-state index contributed by atoms with van der Waals surface area (Å²) >= 11 is 0. The third-order valence-corrected chi connectivity index (χ3v) is 6.84. The molecule has 0 unspecified atom stereocenters. The van der Waals surface area contributed by atoms with Crippen LogP contribution in [0.4, 0.5) is 15.8 Å². The molecule has 3 aromatic carbocycles. The van der Waals surface area contributed by atoms with E-state index < -0.39 is 34.2 Å². The second-order valence-corrected chi connectivity index (χ2v) is 9.25. The maximum absolute atomic E-state index is 14.1. The van der Waals surface area contributed by atoms with Crippen molar-refractivity contribution in [3.8, 4) is 5.75 Å². The number of para-hydroxylation sites is 1.